The van der Waals surface area contributed by atoms with Crippen LogP contribution in [0.4, 0.5) is 5.82 Å². The summed E-state index contributed by atoms with van der Waals surface area (Å²) in [4.78, 5) is 7.27. The van der Waals surface area contributed by atoms with Gasteiger partial charge >= 0.3 is 0 Å². The number of anilines is 1. The number of hydrogen-bond donors (Lipinski definition) is 1. The fourth-order valence-corrected chi connectivity index (χ4v) is 2.28. The Morgan fingerprint density at radius 3 is 2.67 bits per heavy atom. The summed E-state index contributed by atoms with van der Waals surface area (Å²) in [7, 11) is 0. The van der Waals surface area contributed by atoms with Gasteiger partial charge in [-0.15, -0.1) is 0 Å². The van der Waals surface area contributed by atoms with Gasteiger partial charge in [-0.25, -0.2) is 4.98 Å². The van der Waals surface area contributed by atoms with E-state index < -0.39 is 0 Å². The molecule has 0 saturated heterocycles. The maximum atomic E-state index is 5.79. The van der Waals surface area contributed by atoms with Crippen molar-refractivity contribution in [1.82, 2.24) is 4.98 Å². The summed E-state index contributed by atoms with van der Waals surface area (Å²) in [6.45, 7) is 6.13. The van der Waals surface area contributed by atoms with Gasteiger partial charge < -0.3 is 10.6 Å². The van der Waals surface area contributed by atoms with Crippen LogP contribution in [0, 0.1) is 0 Å². The molecule has 0 amide bonds. The number of pyridine rings is 1. The number of nitrogens with two attached hydrogens (primary N) is 1. The molecule has 3 heteroatoms. The van der Waals surface area contributed by atoms with E-state index in [-0.39, 0.29) is 0 Å². The van der Waals surface area contributed by atoms with E-state index in [9.17, 15) is 0 Å². The molecule has 0 atom stereocenters. The van der Waals surface area contributed by atoms with Crippen LogP contribution in [-0.4, -0.2) is 17.6 Å². The Balaban J connectivity index is 2.22. The summed E-state index contributed by atoms with van der Waals surface area (Å²) < 4.78 is 0. The maximum absolute atomic E-state index is 5.79. The van der Waals surface area contributed by atoms with Gasteiger partial charge in [-0.3, -0.25) is 0 Å². The first-order valence-corrected chi connectivity index (χ1v) is 7.25. The average molecular weight is 247 g/mol. The number of unbranched alkanes of at least 4 members (excludes halogenated alkanes) is 1. The minimum absolute atomic E-state index is 0.606. The van der Waals surface area contributed by atoms with Crippen molar-refractivity contribution in [2.45, 2.75) is 58.5 Å². The lowest BCUT2D eigenvalue weighted by Crippen LogP contribution is -2.28. The van der Waals surface area contributed by atoms with Crippen molar-refractivity contribution >= 4 is 5.82 Å². The predicted octanol–water partition coefficient (Wildman–Crippen LogP) is 2.87. The van der Waals surface area contributed by atoms with Crippen molar-refractivity contribution in [1.29, 1.82) is 0 Å². The zero-order valence-electron chi connectivity index (χ0n) is 11.7. The topological polar surface area (TPSA) is 42.1 Å². The van der Waals surface area contributed by atoms with Gasteiger partial charge in [-0.2, -0.15) is 0 Å². The Bertz CT molecular complexity index is 363. The van der Waals surface area contributed by atoms with Crippen LogP contribution < -0.4 is 10.6 Å². The summed E-state index contributed by atoms with van der Waals surface area (Å²) in [6.07, 6.45) is 6.10. The van der Waals surface area contributed by atoms with Crippen molar-refractivity contribution < 1.29 is 0 Å². The third-order valence-electron chi connectivity index (χ3n) is 3.56. The summed E-state index contributed by atoms with van der Waals surface area (Å²) in [5.41, 5.74) is 8.16. The van der Waals surface area contributed by atoms with Crippen LogP contribution >= 0.6 is 0 Å². The third kappa shape index (κ3) is 3.22. The molecule has 0 spiro atoms. The van der Waals surface area contributed by atoms with Crippen LogP contribution in [-0.2, 0) is 13.0 Å². The Kier molecular flexibility index (Phi) is 4.59. The molecule has 0 aromatic carbocycles. The molecular weight excluding hydrogens is 222 g/mol. The molecule has 1 aliphatic carbocycles. The Labute approximate surface area is 110 Å². The highest BCUT2D eigenvalue weighted by atomic mass is 15.2. The average Bonchev–Trinajstić information content (AvgIpc) is 3.23. The fourth-order valence-electron chi connectivity index (χ4n) is 2.28. The van der Waals surface area contributed by atoms with E-state index in [2.05, 4.69) is 30.9 Å². The second-order valence-corrected chi connectivity index (χ2v) is 5.16. The quantitative estimate of drug-likeness (QED) is 0.805. The Morgan fingerprint density at radius 1 is 1.33 bits per heavy atom. The molecule has 1 aliphatic rings. The van der Waals surface area contributed by atoms with Crippen LogP contribution in [0.15, 0.2) is 12.1 Å². The third-order valence-corrected chi connectivity index (χ3v) is 3.56. The van der Waals surface area contributed by atoms with Crippen LogP contribution in [0.3, 0.4) is 0 Å². The van der Waals surface area contributed by atoms with Gasteiger partial charge in [0.15, 0.2) is 0 Å². The minimum Gasteiger partial charge on any atom is -0.354 e. The second kappa shape index (κ2) is 6.19. The van der Waals surface area contributed by atoms with Gasteiger partial charge in [0.2, 0.25) is 0 Å². The van der Waals surface area contributed by atoms with Crippen molar-refractivity contribution in [3.63, 3.8) is 0 Å². The van der Waals surface area contributed by atoms with Gasteiger partial charge in [0, 0.05) is 24.8 Å². The Morgan fingerprint density at radius 2 is 2.11 bits per heavy atom. The van der Waals surface area contributed by atoms with Gasteiger partial charge in [-0.1, -0.05) is 20.3 Å². The maximum Gasteiger partial charge on any atom is 0.129 e. The summed E-state index contributed by atoms with van der Waals surface area (Å²) in [5, 5.41) is 0. The zero-order valence-corrected chi connectivity index (χ0v) is 11.7. The standard InChI is InChI=1S/C15H25N3/c1-3-5-8-18(14-6-7-14)15-10-12(11-16)9-13(4-2)17-15/h9-10,14H,3-8,11,16H2,1-2H3. The van der Waals surface area contributed by atoms with Gasteiger partial charge in [0.05, 0.1) is 0 Å². The van der Waals surface area contributed by atoms with Crippen molar-refractivity contribution in [2.75, 3.05) is 11.4 Å². The summed E-state index contributed by atoms with van der Waals surface area (Å²) in [5.74, 6) is 1.14. The number of hydrogen-bond acceptors (Lipinski definition) is 3. The summed E-state index contributed by atoms with van der Waals surface area (Å²) >= 11 is 0. The molecule has 18 heavy (non-hydrogen) atoms. The largest absolute Gasteiger partial charge is 0.354 e. The first-order valence-electron chi connectivity index (χ1n) is 7.25. The molecule has 1 saturated carbocycles. The molecule has 0 aliphatic heterocycles. The molecule has 1 aromatic heterocycles. The second-order valence-electron chi connectivity index (χ2n) is 5.16. The van der Waals surface area contributed by atoms with Crippen LogP contribution in [0.1, 0.15) is 50.8 Å². The molecule has 1 fully saturated rings. The molecule has 100 valence electrons. The lowest BCUT2D eigenvalue weighted by Gasteiger charge is -2.24. The molecule has 1 heterocycles. The SMILES string of the molecule is CCCCN(c1cc(CN)cc(CC)n1)C1CC1. The van der Waals surface area contributed by atoms with Gasteiger partial charge in [0.1, 0.15) is 5.82 Å². The summed E-state index contributed by atoms with van der Waals surface area (Å²) in [6, 6.07) is 5.03. The number of nitrogens with zero attached hydrogens (tertiary/aromatic N) is 2. The van der Waals surface area contributed by atoms with Crippen LogP contribution in [0.2, 0.25) is 0 Å². The normalized spacial score (nSPS) is 14.8. The fraction of sp³-hybridized carbons (Fsp3) is 0.667. The van der Waals surface area contributed by atoms with E-state index in [1.165, 1.54) is 31.2 Å². The molecule has 0 bridgehead atoms. The number of aromatic nitrogens is 1. The van der Waals surface area contributed by atoms with E-state index in [0.717, 1.165) is 30.5 Å². The van der Waals surface area contributed by atoms with Gasteiger partial charge in [-0.05, 0) is 43.4 Å². The molecule has 2 N–H and O–H groups in total. The first-order chi connectivity index (χ1) is 8.78. The predicted molar refractivity (Wildman–Crippen MR) is 76.8 cm³/mol. The minimum atomic E-state index is 0.606. The number of rotatable bonds is 7. The molecular formula is C15H25N3. The van der Waals surface area contributed by atoms with E-state index in [4.69, 9.17) is 10.7 Å². The van der Waals surface area contributed by atoms with E-state index in [0.29, 0.717) is 6.54 Å². The lowest BCUT2D eigenvalue weighted by molar-refractivity contribution is 0.701. The van der Waals surface area contributed by atoms with Crippen molar-refractivity contribution in [3.8, 4) is 0 Å². The van der Waals surface area contributed by atoms with E-state index in [1.54, 1.807) is 0 Å². The highest BCUT2D eigenvalue weighted by molar-refractivity contribution is 5.45. The first kappa shape index (κ1) is 13.3. The van der Waals surface area contributed by atoms with Gasteiger partial charge in [0.25, 0.3) is 0 Å². The monoisotopic (exact) mass is 247 g/mol. The molecule has 0 radical (unpaired) electrons. The Hall–Kier alpha value is -1.09. The van der Waals surface area contributed by atoms with E-state index in [1.807, 2.05) is 0 Å². The van der Waals surface area contributed by atoms with E-state index >= 15 is 0 Å². The molecule has 2 rings (SSSR count). The molecule has 1 aromatic rings. The van der Waals surface area contributed by atoms with Crippen LogP contribution in [0.5, 0.6) is 0 Å². The molecule has 3 nitrogen and oxygen atoms in total. The highest BCUT2D eigenvalue weighted by Crippen LogP contribution is 2.31. The van der Waals surface area contributed by atoms with Crippen molar-refractivity contribution in [2.24, 2.45) is 5.73 Å². The van der Waals surface area contributed by atoms with Crippen molar-refractivity contribution in [3.05, 3.63) is 23.4 Å². The zero-order chi connectivity index (χ0) is 13.0. The lowest BCUT2D eigenvalue weighted by atomic mass is 10.2. The smallest absolute Gasteiger partial charge is 0.129 e. The van der Waals surface area contributed by atoms with Crippen LogP contribution in [0.25, 0.3) is 0 Å². The highest BCUT2D eigenvalue weighted by Gasteiger charge is 2.29. The molecule has 0 unspecified atom stereocenters. The number of aryl methyl sites for hydroxylation is 1.